The number of amides is 2. The molecule has 2 amide bonds. The highest BCUT2D eigenvalue weighted by Gasteiger charge is 2.32. The number of alkyl halides is 3. The van der Waals surface area contributed by atoms with Gasteiger partial charge in [-0.05, 0) is 54.7 Å². The van der Waals surface area contributed by atoms with Gasteiger partial charge in [0.25, 0.3) is 0 Å². The van der Waals surface area contributed by atoms with E-state index in [0.29, 0.717) is 48.2 Å². The van der Waals surface area contributed by atoms with Gasteiger partial charge in [0.2, 0.25) is 11.8 Å². The van der Waals surface area contributed by atoms with Crippen molar-refractivity contribution in [2.75, 3.05) is 17.2 Å². The fraction of sp³-hybridized carbons (Fsp3) is 0.273. The highest BCUT2D eigenvalue weighted by atomic mass is 19.4. The van der Waals surface area contributed by atoms with Crippen molar-refractivity contribution in [2.24, 2.45) is 0 Å². The molecule has 0 aromatic heterocycles. The molecule has 2 aromatic carbocycles. The first-order valence-corrected chi connectivity index (χ1v) is 9.59. The molecule has 2 aliphatic rings. The molecule has 2 aromatic rings. The van der Waals surface area contributed by atoms with Crippen molar-refractivity contribution in [2.45, 2.75) is 31.9 Å². The lowest BCUT2D eigenvalue weighted by atomic mass is 9.98. The molecule has 0 saturated carbocycles. The van der Waals surface area contributed by atoms with E-state index in [9.17, 15) is 22.8 Å². The summed E-state index contributed by atoms with van der Waals surface area (Å²) < 4.78 is 44.5. The van der Waals surface area contributed by atoms with Crippen LogP contribution >= 0.6 is 0 Å². The van der Waals surface area contributed by atoms with Gasteiger partial charge >= 0.3 is 6.18 Å². The summed E-state index contributed by atoms with van der Waals surface area (Å²) in [6.07, 6.45) is -1.11. The number of ether oxygens (including phenoxy) is 1. The van der Waals surface area contributed by atoms with Gasteiger partial charge < -0.3 is 15.4 Å². The van der Waals surface area contributed by atoms with Gasteiger partial charge in [0.1, 0.15) is 5.75 Å². The Morgan fingerprint density at radius 1 is 1.13 bits per heavy atom. The summed E-state index contributed by atoms with van der Waals surface area (Å²) in [5.41, 5.74) is 2.44. The Bertz CT molecular complexity index is 1040. The minimum atomic E-state index is -4.46. The Labute approximate surface area is 170 Å². The van der Waals surface area contributed by atoms with Crippen LogP contribution < -0.4 is 15.4 Å². The second kappa shape index (κ2) is 7.85. The average Bonchev–Trinajstić information content (AvgIpc) is 2.89. The third kappa shape index (κ3) is 4.17. The summed E-state index contributed by atoms with van der Waals surface area (Å²) in [5.74, 6) is -0.328. The van der Waals surface area contributed by atoms with Crippen molar-refractivity contribution in [1.29, 1.82) is 0 Å². The number of rotatable bonds is 2. The molecule has 0 radical (unpaired) electrons. The van der Waals surface area contributed by atoms with Crippen LogP contribution in [0.4, 0.5) is 24.5 Å². The average molecular weight is 416 g/mol. The predicted octanol–water partition coefficient (Wildman–Crippen LogP) is 4.78. The van der Waals surface area contributed by atoms with Gasteiger partial charge in [-0.1, -0.05) is 12.1 Å². The Morgan fingerprint density at radius 2 is 1.97 bits per heavy atom. The molecule has 2 N–H and O–H groups in total. The van der Waals surface area contributed by atoms with Crippen molar-refractivity contribution in [3.8, 4) is 5.75 Å². The smallest absolute Gasteiger partial charge is 0.416 e. The standard InChI is InChI=1S/C22H19F3N2O3/c23-22(24,25)14-6-7-15-13(3-2-10-30-19(15)12-14)11-21(29)27-18-5-1-4-17-16(18)8-9-20(28)26-17/h1,4-7,11-12H,2-3,8-10H2,(H,26,28)(H,27,29)/b13-11+. The number of carbonyl (C=O) groups is 2. The molecule has 30 heavy (non-hydrogen) atoms. The minimum absolute atomic E-state index is 0.0682. The number of fused-ring (bicyclic) bond motifs is 2. The maximum atomic E-state index is 13.0. The Kier molecular flexibility index (Phi) is 5.24. The molecule has 0 atom stereocenters. The van der Waals surface area contributed by atoms with Gasteiger partial charge in [-0.15, -0.1) is 0 Å². The molecule has 2 heterocycles. The predicted molar refractivity (Wildman–Crippen MR) is 106 cm³/mol. The number of halogens is 3. The van der Waals surface area contributed by atoms with Crippen molar-refractivity contribution < 1.29 is 27.5 Å². The fourth-order valence-electron chi connectivity index (χ4n) is 3.68. The van der Waals surface area contributed by atoms with E-state index < -0.39 is 11.7 Å². The number of benzene rings is 2. The Hall–Kier alpha value is -3.29. The van der Waals surface area contributed by atoms with E-state index in [2.05, 4.69) is 10.6 Å². The van der Waals surface area contributed by atoms with Gasteiger partial charge in [-0.3, -0.25) is 9.59 Å². The maximum absolute atomic E-state index is 13.0. The molecule has 0 bridgehead atoms. The fourth-order valence-corrected chi connectivity index (χ4v) is 3.68. The molecule has 0 fully saturated rings. The Balaban J connectivity index is 1.61. The third-order valence-electron chi connectivity index (χ3n) is 5.12. The first-order chi connectivity index (χ1) is 14.3. The van der Waals surface area contributed by atoms with Gasteiger partial charge in [-0.2, -0.15) is 13.2 Å². The number of anilines is 2. The monoisotopic (exact) mass is 416 g/mol. The summed E-state index contributed by atoms with van der Waals surface area (Å²) in [5, 5.41) is 5.61. The molecule has 4 rings (SSSR count). The van der Waals surface area contributed by atoms with E-state index in [4.69, 9.17) is 4.74 Å². The van der Waals surface area contributed by atoms with Crippen LogP contribution in [0.5, 0.6) is 5.75 Å². The minimum Gasteiger partial charge on any atom is -0.493 e. The molecule has 0 saturated heterocycles. The molecule has 2 aliphatic heterocycles. The lowest BCUT2D eigenvalue weighted by Gasteiger charge is -2.20. The van der Waals surface area contributed by atoms with Crippen LogP contribution in [-0.2, 0) is 22.2 Å². The first-order valence-electron chi connectivity index (χ1n) is 9.59. The molecule has 156 valence electrons. The zero-order valence-electron chi connectivity index (χ0n) is 15.9. The van der Waals surface area contributed by atoms with Crippen LogP contribution in [0.1, 0.15) is 36.0 Å². The van der Waals surface area contributed by atoms with Crippen LogP contribution in [-0.4, -0.2) is 18.4 Å². The number of hydrogen-bond acceptors (Lipinski definition) is 3. The van der Waals surface area contributed by atoms with Crippen molar-refractivity contribution in [3.05, 3.63) is 59.2 Å². The largest absolute Gasteiger partial charge is 0.493 e. The lowest BCUT2D eigenvalue weighted by Crippen LogP contribution is -2.21. The second-order valence-corrected chi connectivity index (χ2v) is 7.20. The van der Waals surface area contributed by atoms with Gasteiger partial charge in [-0.25, -0.2) is 0 Å². The number of nitrogens with one attached hydrogen (secondary N) is 2. The summed E-state index contributed by atoms with van der Waals surface area (Å²) in [7, 11) is 0. The van der Waals surface area contributed by atoms with Gasteiger partial charge in [0.05, 0.1) is 12.2 Å². The SMILES string of the molecule is O=C(/C=C1\CCCOc2cc(C(F)(F)F)ccc21)Nc1cccc2c1CCC(=O)N2. The summed E-state index contributed by atoms with van der Waals surface area (Å²) in [6.45, 7) is 0.277. The highest BCUT2D eigenvalue weighted by Crippen LogP contribution is 2.38. The van der Waals surface area contributed by atoms with E-state index in [1.807, 2.05) is 0 Å². The molecular weight excluding hydrogens is 397 g/mol. The van der Waals surface area contributed by atoms with E-state index in [0.717, 1.165) is 17.7 Å². The van der Waals surface area contributed by atoms with Gasteiger partial charge in [0, 0.05) is 29.4 Å². The topological polar surface area (TPSA) is 67.4 Å². The van der Waals surface area contributed by atoms with E-state index >= 15 is 0 Å². The maximum Gasteiger partial charge on any atom is 0.416 e. The molecule has 0 aliphatic carbocycles. The Morgan fingerprint density at radius 3 is 2.77 bits per heavy atom. The van der Waals surface area contributed by atoms with Crippen LogP contribution in [0.25, 0.3) is 5.57 Å². The second-order valence-electron chi connectivity index (χ2n) is 7.20. The number of carbonyl (C=O) groups excluding carboxylic acids is 2. The first kappa shape index (κ1) is 20.0. The zero-order chi connectivity index (χ0) is 21.3. The molecule has 0 unspecified atom stereocenters. The van der Waals surface area contributed by atoms with Crippen LogP contribution in [0.3, 0.4) is 0 Å². The van der Waals surface area contributed by atoms with E-state index in [1.165, 1.54) is 12.1 Å². The van der Waals surface area contributed by atoms with Crippen molar-refractivity contribution in [1.82, 2.24) is 0 Å². The van der Waals surface area contributed by atoms with Crippen molar-refractivity contribution in [3.63, 3.8) is 0 Å². The number of hydrogen-bond donors (Lipinski definition) is 2. The van der Waals surface area contributed by atoms with Gasteiger partial charge in [0.15, 0.2) is 0 Å². The molecule has 5 nitrogen and oxygen atoms in total. The zero-order valence-corrected chi connectivity index (χ0v) is 15.9. The van der Waals surface area contributed by atoms with Crippen molar-refractivity contribution >= 4 is 28.8 Å². The van der Waals surface area contributed by atoms with Crippen LogP contribution in [0, 0.1) is 0 Å². The van der Waals surface area contributed by atoms with E-state index in [-0.39, 0.29) is 24.2 Å². The normalized spacial score (nSPS) is 17.3. The molecule has 8 heteroatoms. The highest BCUT2D eigenvalue weighted by molar-refractivity contribution is 6.06. The summed E-state index contributed by atoms with van der Waals surface area (Å²) >= 11 is 0. The number of allylic oxidation sites excluding steroid dienone is 1. The molecular formula is C22H19F3N2O3. The summed E-state index contributed by atoms with van der Waals surface area (Å²) in [6, 6.07) is 8.59. The third-order valence-corrected chi connectivity index (χ3v) is 5.12. The quantitative estimate of drug-likeness (QED) is 0.692. The van der Waals surface area contributed by atoms with E-state index in [1.54, 1.807) is 18.2 Å². The summed E-state index contributed by atoms with van der Waals surface area (Å²) in [4.78, 5) is 24.3. The van der Waals surface area contributed by atoms with Crippen LogP contribution in [0.15, 0.2) is 42.5 Å². The lowest BCUT2D eigenvalue weighted by molar-refractivity contribution is -0.137. The molecule has 0 spiro atoms. The van der Waals surface area contributed by atoms with Crippen LogP contribution in [0.2, 0.25) is 0 Å².